The second kappa shape index (κ2) is 8.40. The van der Waals surface area contributed by atoms with Crippen LogP contribution in [0, 0.1) is 0 Å². The van der Waals surface area contributed by atoms with Gasteiger partial charge < -0.3 is 4.40 Å². The molecule has 0 aliphatic heterocycles. The number of hydrogen-bond acceptors (Lipinski definition) is 3. The molecule has 13 aromatic rings. The molecule has 0 amide bonds. The van der Waals surface area contributed by atoms with Gasteiger partial charge in [-0.3, -0.25) is 4.57 Å². The molecule has 0 aliphatic rings. The fraction of sp³-hybridized carbons (Fsp3) is 0. The third-order valence-corrected chi connectivity index (χ3v) is 12.1. The van der Waals surface area contributed by atoms with Gasteiger partial charge in [-0.2, -0.15) is 0 Å². The molecule has 6 heterocycles. The highest BCUT2D eigenvalue weighted by Gasteiger charge is 2.27. The Hall–Kier alpha value is -6.30. The monoisotopic (exact) mass is 638 g/mol. The van der Waals surface area contributed by atoms with Crippen LogP contribution in [0.25, 0.3) is 119 Å². The largest absolute Gasteiger partial charge is 0.307 e. The van der Waals surface area contributed by atoms with Gasteiger partial charge in [0.15, 0.2) is 0 Å². The predicted octanol–water partition coefficient (Wildman–Crippen LogP) is 11.9. The number of aromatic nitrogens is 4. The summed E-state index contributed by atoms with van der Waals surface area (Å²) >= 11 is 1.84. The van der Waals surface area contributed by atoms with Crippen molar-refractivity contribution in [3.05, 3.63) is 133 Å². The first-order valence-corrected chi connectivity index (χ1v) is 17.5. The van der Waals surface area contributed by atoms with Crippen LogP contribution in [0.15, 0.2) is 133 Å². The zero-order valence-corrected chi connectivity index (χ0v) is 26.7. The molecule has 0 unspecified atom stereocenters. The van der Waals surface area contributed by atoms with E-state index < -0.39 is 0 Å². The van der Waals surface area contributed by atoms with Crippen LogP contribution in [0.1, 0.15) is 0 Å². The van der Waals surface area contributed by atoms with E-state index in [1.54, 1.807) is 0 Å². The number of hydrogen-bond donors (Lipinski definition) is 0. The van der Waals surface area contributed by atoms with Gasteiger partial charge in [-0.1, -0.05) is 97.1 Å². The maximum absolute atomic E-state index is 5.48. The Bertz CT molecular complexity index is 3510. The van der Waals surface area contributed by atoms with E-state index in [4.69, 9.17) is 9.97 Å². The summed E-state index contributed by atoms with van der Waals surface area (Å²) in [5.74, 6) is 0.688. The van der Waals surface area contributed by atoms with Crippen molar-refractivity contribution in [2.75, 3.05) is 0 Å². The van der Waals surface area contributed by atoms with Crippen molar-refractivity contribution in [3.63, 3.8) is 0 Å². The number of rotatable bonds is 2. The quantitative estimate of drug-likeness (QED) is 0.189. The van der Waals surface area contributed by atoms with E-state index in [2.05, 4.69) is 142 Å². The topological polar surface area (TPSA) is 35.1 Å². The van der Waals surface area contributed by atoms with Gasteiger partial charge >= 0.3 is 0 Å². The van der Waals surface area contributed by atoms with Crippen molar-refractivity contribution in [2.24, 2.45) is 0 Å². The van der Waals surface area contributed by atoms with Gasteiger partial charge in [-0.05, 0) is 41.8 Å². The first-order valence-electron chi connectivity index (χ1n) is 16.7. The van der Waals surface area contributed by atoms with Crippen LogP contribution in [0.2, 0.25) is 0 Å². The lowest BCUT2D eigenvalue weighted by atomic mass is 10.0. The van der Waals surface area contributed by atoms with E-state index in [1.807, 2.05) is 11.3 Å². The summed E-state index contributed by atoms with van der Waals surface area (Å²) < 4.78 is 7.44. The summed E-state index contributed by atoms with van der Waals surface area (Å²) in [7, 11) is 0. The lowest BCUT2D eigenvalue weighted by Crippen LogP contribution is -2.03. The number of thiophene rings is 1. The molecule has 0 radical (unpaired) electrons. The summed E-state index contributed by atoms with van der Waals surface area (Å²) in [5.41, 5.74) is 9.10. The zero-order chi connectivity index (χ0) is 31.5. The van der Waals surface area contributed by atoms with Gasteiger partial charge in [-0.25, -0.2) is 9.97 Å². The van der Waals surface area contributed by atoms with Crippen molar-refractivity contribution in [2.45, 2.75) is 0 Å². The average molecular weight is 639 g/mol. The van der Waals surface area contributed by atoms with Crippen LogP contribution in [-0.2, 0) is 0 Å². The molecule has 7 aromatic carbocycles. The van der Waals surface area contributed by atoms with E-state index in [0.717, 1.165) is 33.2 Å². The highest BCUT2D eigenvalue weighted by Crippen LogP contribution is 2.49. The summed E-state index contributed by atoms with van der Waals surface area (Å²) in [5, 5.41) is 13.9. The molecule has 0 N–H and O–H groups in total. The Balaban J connectivity index is 1.20. The number of nitrogens with zero attached hydrogens (tertiary/aromatic N) is 4. The molecular weight excluding hydrogens is 617 g/mol. The molecule has 49 heavy (non-hydrogen) atoms. The molecule has 0 aliphatic carbocycles. The van der Waals surface area contributed by atoms with Crippen molar-refractivity contribution in [1.82, 2.24) is 18.9 Å². The van der Waals surface area contributed by atoms with Crippen LogP contribution >= 0.6 is 11.3 Å². The molecule has 0 bridgehead atoms. The first-order chi connectivity index (χ1) is 24.3. The first kappa shape index (κ1) is 24.8. The van der Waals surface area contributed by atoms with Gasteiger partial charge in [0.2, 0.25) is 5.95 Å². The number of fused-ring (bicyclic) bond motifs is 7. The minimum Gasteiger partial charge on any atom is -0.307 e. The second-order valence-electron chi connectivity index (χ2n) is 13.3. The SMILES string of the molecule is c1ccc2c(-c3ccc4sc5ccccc5c4c3)nc(-n3c4cccc5c6cccc7c8cccc9c%10ccc3c(c54)c%10n(c67)c89)nc2c1. The third kappa shape index (κ3) is 2.86. The van der Waals surface area contributed by atoms with E-state index in [1.165, 1.54) is 79.8 Å². The fourth-order valence-electron chi connectivity index (χ4n) is 9.05. The summed E-state index contributed by atoms with van der Waals surface area (Å²) in [6.07, 6.45) is 0. The van der Waals surface area contributed by atoms with Crippen molar-refractivity contribution < 1.29 is 0 Å². The van der Waals surface area contributed by atoms with Crippen molar-refractivity contribution in [3.8, 4) is 17.2 Å². The lowest BCUT2D eigenvalue weighted by molar-refractivity contribution is 1.01. The molecule has 224 valence electrons. The van der Waals surface area contributed by atoms with E-state index >= 15 is 0 Å². The highest BCUT2D eigenvalue weighted by atomic mass is 32.1. The Morgan fingerprint density at radius 3 is 1.90 bits per heavy atom. The maximum atomic E-state index is 5.48. The van der Waals surface area contributed by atoms with E-state index in [0.29, 0.717) is 5.95 Å². The minimum absolute atomic E-state index is 0.688. The minimum atomic E-state index is 0.688. The smallest absolute Gasteiger partial charge is 0.235 e. The number of benzene rings is 7. The Morgan fingerprint density at radius 1 is 0.429 bits per heavy atom. The van der Waals surface area contributed by atoms with Crippen LogP contribution in [-0.4, -0.2) is 18.9 Å². The molecule has 0 fully saturated rings. The van der Waals surface area contributed by atoms with E-state index in [-0.39, 0.29) is 0 Å². The molecule has 0 spiro atoms. The number of para-hydroxylation sites is 3. The average Bonchev–Trinajstić information content (AvgIpc) is 3.87. The normalized spacial score (nSPS) is 12.9. The summed E-state index contributed by atoms with van der Waals surface area (Å²) in [6.45, 7) is 0. The Labute approximate surface area is 281 Å². The maximum Gasteiger partial charge on any atom is 0.235 e. The Morgan fingerprint density at radius 2 is 1.06 bits per heavy atom. The summed E-state index contributed by atoms with van der Waals surface area (Å²) in [4.78, 5) is 10.8. The van der Waals surface area contributed by atoms with Crippen LogP contribution in [0.3, 0.4) is 0 Å². The Kier molecular flexibility index (Phi) is 4.25. The molecule has 13 rings (SSSR count). The fourth-order valence-corrected chi connectivity index (χ4v) is 10.1. The zero-order valence-electron chi connectivity index (χ0n) is 25.9. The molecule has 4 nitrogen and oxygen atoms in total. The second-order valence-corrected chi connectivity index (χ2v) is 14.4. The molecular formula is C44H22N4S. The van der Waals surface area contributed by atoms with Crippen LogP contribution in [0.4, 0.5) is 0 Å². The lowest BCUT2D eigenvalue weighted by Gasteiger charge is -2.12. The van der Waals surface area contributed by atoms with Crippen LogP contribution in [0.5, 0.6) is 0 Å². The molecule has 6 aromatic heterocycles. The highest BCUT2D eigenvalue weighted by molar-refractivity contribution is 7.25. The standard InChI is InChI=1S/C44H22N4S/c1-3-15-33-31(9-1)40(23-18-21-37-32(22-23)24-8-2-4-17-36(24)49-37)46-44(45-33)47-34-16-7-10-25-26-11-5-12-27-28-13-6-14-29-30-19-20-35(47)39(38(25)34)43(30)48(41(26)27)42(28)29/h1-22H. The third-order valence-electron chi connectivity index (χ3n) is 11.0. The molecule has 5 heteroatoms. The van der Waals surface area contributed by atoms with Gasteiger partial charge in [-0.15, -0.1) is 11.3 Å². The van der Waals surface area contributed by atoms with Gasteiger partial charge in [0.25, 0.3) is 0 Å². The van der Waals surface area contributed by atoms with Crippen molar-refractivity contribution >= 4 is 113 Å². The predicted molar refractivity (Wildman–Crippen MR) is 207 cm³/mol. The van der Waals surface area contributed by atoms with Gasteiger partial charge in [0.1, 0.15) is 0 Å². The molecule has 0 atom stereocenters. The molecule has 0 saturated carbocycles. The van der Waals surface area contributed by atoms with Crippen LogP contribution < -0.4 is 0 Å². The molecule has 0 saturated heterocycles. The van der Waals surface area contributed by atoms with E-state index in [9.17, 15) is 0 Å². The van der Waals surface area contributed by atoms with Crippen molar-refractivity contribution in [1.29, 1.82) is 0 Å². The van der Waals surface area contributed by atoms with Gasteiger partial charge in [0, 0.05) is 68.8 Å². The van der Waals surface area contributed by atoms with Gasteiger partial charge in [0.05, 0.1) is 38.8 Å². The summed E-state index contributed by atoms with van der Waals surface area (Å²) in [6, 6.07) is 48.8.